The number of hydrogen-bond acceptors (Lipinski definition) is 4. The molecule has 6 nitrogen and oxygen atoms in total. The Balaban J connectivity index is 2.04. The molecular formula is C16H21FN4O2. The number of aryl methyl sites for hydroxylation is 1. The molecule has 1 amide bonds. The van der Waals surface area contributed by atoms with Crippen molar-refractivity contribution < 1.29 is 13.9 Å². The van der Waals surface area contributed by atoms with Crippen molar-refractivity contribution in [1.29, 1.82) is 0 Å². The summed E-state index contributed by atoms with van der Waals surface area (Å²) < 4.78 is 20.9. The molecule has 2 N–H and O–H groups in total. The van der Waals surface area contributed by atoms with Crippen LogP contribution in [0.25, 0.3) is 0 Å². The first-order chi connectivity index (χ1) is 10.7. The first kappa shape index (κ1) is 16.8. The van der Waals surface area contributed by atoms with E-state index in [1.165, 1.54) is 18.2 Å². The van der Waals surface area contributed by atoms with Gasteiger partial charge in [-0.05, 0) is 39.0 Å². The second kappa shape index (κ2) is 6.68. The highest BCUT2D eigenvalue weighted by Crippen LogP contribution is 2.21. The van der Waals surface area contributed by atoms with E-state index < -0.39 is 17.5 Å². The van der Waals surface area contributed by atoms with Gasteiger partial charge in [-0.15, -0.1) is 0 Å². The van der Waals surface area contributed by atoms with Crippen molar-refractivity contribution in [2.45, 2.75) is 32.9 Å². The number of rotatable bonds is 4. The number of imidazole rings is 1. The van der Waals surface area contributed by atoms with Crippen molar-refractivity contribution in [1.82, 2.24) is 9.55 Å². The molecule has 0 radical (unpaired) electrons. The van der Waals surface area contributed by atoms with Crippen molar-refractivity contribution in [3.63, 3.8) is 0 Å². The Labute approximate surface area is 134 Å². The molecule has 0 unspecified atom stereocenters. The third kappa shape index (κ3) is 4.98. The van der Waals surface area contributed by atoms with Crippen LogP contribution in [0.5, 0.6) is 0 Å². The van der Waals surface area contributed by atoms with E-state index in [4.69, 9.17) is 4.74 Å². The minimum absolute atomic E-state index is 0.279. The van der Waals surface area contributed by atoms with E-state index in [2.05, 4.69) is 15.6 Å². The van der Waals surface area contributed by atoms with Gasteiger partial charge in [0.2, 0.25) is 0 Å². The highest BCUT2D eigenvalue weighted by molar-refractivity contribution is 5.85. The van der Waals surface area contributed by atoms with Gasteiger partial charge in [0.05, 0.1) is 12.2 Å². The highest BCUT2D eigenvalue weighted by Gasteiger charge is 2.16. The van der Waals surface area contributed by atoms with Crippen molar-refractivity contribution in [3.8, 4) is 0 Å². The first-order valence-electron chi connectivity index (χ1n) is 7.24. The van der Waals surface area contributed by atoms with Crippen molar-refractivity contribution in [2.24, 2.45) is 7.05 Å². The Kier molecular flexibility index (Phi) is 4.88. The first-order valence-corrected chi connectivity index (χ1v) is 7.24. The maximum Gasteiger partial charge on any atom is 0.412 e. The van der Waals surface area contributed by atoms with E-state index in [1.54, 1.807) is 27.0 Å². The lowest BCUT2D eigenvalue weighted by molar-refractivity contribution is 0.0636. The maximum absolute atomic E-state index is 13.9. The summed E-state index contributed by atoms with van der Waals surface area (Å²) in [4.78, 5) is 15.9. The van der Waals surface area contributed by atoms with Gasteiger partial charge < -0.3 is 14.6 Å². The van der Waals surface area contributed by atoms with E-state index in [-0.39, 0.29) is 5.69 Å². The number of nitrogens with zero attached hydrogens (tertiary/aromatic N) is 2. The van der Waals surface area contributed by atoms with Gasteiger partial charge in [0.15, 0.2) is 0 Å². The van der Waals surface area contributed by atoms with Gasteiger partial charge in [0.25, 0.3) is 0 Å². The number of halogens is 1. The SMILES string of the molecule is Cn1ccnc1CNc1cc(NC(=O)OC(C)(C)C)ccc1F. The number of carbonyl (C=O) groups excluding carboxylic acids is 1. The quantitative estimate of drug-likeness (QED) is 0.904. The lowest BCUT2D eigenvalue weighted by Crippen LogP contribution is -2.27. The zero-order valence-electron chi connectivity index (χ0n) is 13.7. The molecule has 0 bridgehead atoms. The van der Waals surface area contributed by atoms with Crippen LogP contribution in [-0.4, -0.2) is 21.2 Å². The molecule has 1 heterocycles. The van der Waals surface area contributed by atoms with Gasteiger partial charge in [-0.3, -0.25) is 5.32 Å². The molecule has 0 saturated carbocycles. The third-order valence-electron chi connectivity index (χ3n) is 2.97. The van der Waals surface area contributed by atoms with Crippen LogP contribution in [0.3, 0.4) is 0 Å². The summed E-state index contributed by atoms with van der Waals surface area (Å²) in [5.74, 6) is 0.365. The third-order valence-corrected chi connectivity index (χ3v) is 2.97. The zero-order chi connectivity index (χ0) is 17.0. The Morgan fingerprint density at radius 2 is 2.13 bits per heavy atom. The number of nitrogens with one attached hydrogen (secondary N) is 2. The number of hydrogen-bond donors (Lipinski definition) is 2. The van der Waals surface area contributed by atoms with Crippen LogP contribution in [0.1, 0.15) is 26.6 Å². The minimum atomic E-state index is -0.594. The molecule has 1 aromatic heterocycles. The summed E-state index contributed by atoms with van der Waals surface area (Å²) in [6.45, 7) is 5.70. The number of benzene rings is 1. The second-order valence-electron chi connectivity index (χ2n) is 6.13. The number of anilines is 2. The monoisotopic (exact) mass is 320 g/mol. The molecule has 0 saturated heterocycles. The van der Waals surface area contributed by atoms with Crippen LogP contribution in [-0.2, 0) is 18.3 Å². The van der Waals surface area contributed by atoms with Crippen molar-refractivity contribution in [3.05, 3.63) is 42.2 Å². The van der Waals surface area contributed by atoms with E-state index >= 15 is 0 Å². The molecule has 0 atom stereocenters. The molecule has 124 valence electrons. The Morgan fingerprint density at radius 1 is 1.39 bits per heavy atom. The highest BCUT2D eigenvalue weighted by atomic mass is 19.1. The van der Waals surface area contributed by atoms with E-state index in [0.29, 0.717) is 12.2 Å². The molecule has 0 aliphatic heterocycles. The van der Waals surface area contributed by atoms with E-state index in [0.717, 1.165) is 5.82 Å². The van der Waals surface area contributed by atoms with Gasteiger partial charge in [-0.1, -0.05) is 0 Å². The topological polar surface area (TPSA) is 68.2 Å². The largest absolute Gasteiger partial charge is 0.444 e. The number of amides is 1. The fraction of sp³-hybridized carbons (Fsp3) is 0.375. The predicted octanol–water partition coefficient (Wildman–Crippen LogP) is 3.52. The molecule has 2 rings (SSSR count). The number of ether oxygens (including phenoxy) is 1. The van der Waals surface area contributed by atoms with Gasteiger partial charge in [0.1, 0.15) is 17.2 Å². The fourth-order valence-corrected chi connectivity index (χ4v) is 1.90. The fourth-order valence-electron chi connectivity index (χ4n) is 1.90. The molecule has 7 heteroatoms. The minimum Gasteiger partial charge on any atom is -0.444 e. The molecule has 1 aromatic carbocycles. The predicted molar refractivity (Wildman–Crippen MR) is 86.8 cm³/mol. The van der Waals surface area contributed by atoms with Crippen LogP contribution in [0.15, 0.2) is 30.6 Å². The van der Waals surface area contributed by atoms with Crippen molar-refractivity contribution in [2.75, 3.05) is 10.6 Å². The lowest BCUT2D eigenvalue weighted by Gasteiger charge is -2.20. The van der Waals surface area contributed by atoms with Crippen LogP contribution in [0, 0.1) is 5.82 Å². The average molecular weight is 320 g/mol. The summed E-state index contributed by atoms with van der Waals surface area (Å²) in [6.07, 6.45) is 2.90. The van der Waals surface area contributed by atoms with Gasteiger partial charge in [-0.25, -0.2) is 14.2 Å². The summed E-state index contributed by atoms with van der Waals surface area (Å²) in [6, 6.07) is 4.28. The van der Waals surface area contributed by atoms with Crippen molar-refractivity contribution >= 4 is 17.5 Å². The average Bonchev–Trinajstić information content (AvgIpc) is 2.83. The molecular weight excluding hydrogens is 299 g/mol. The molecule has 23 heavy (non-hydrogen) atoms. The summed E-state index contributed by atoms with van der Waals surface area (Å²) in [7, 11) is 1.86. The number of carbonyl (C=O) groups is 1. The smallest absolute Gasteiger partial charge is 0.412 e. The molecule has 0 fully saturated rings. The molecule has 0 spiro atoms. The Bertz CT molecular complexity index is 692. The zero-order valence-corrected chi connectivity index (χ0v) is 13.7. The van der Waals surface area contributed by atoms with Gasteiger partial charge in [-0.2, -0.15) is 0 Å². The van der Waals surface area contributed by atoms with Crippen LogP contribution in [0.4, 0.5) is 20.6 Å². The molecule has 0 aliphatic rings. The summed E-state index contributed by atoms with van der Waals surface area (Å²) >= 11 is 0. The standard InChI is InChI=1S/C16H21FN4O2/c1-16(2,3)23-15(22)20-11-5-6-12(17)13(9-11)19-10-14-18-7-8-21(14)4/h5-9,19H,10H2,1-4H3,(H,20,22). The van der Waals surface area contributed by atoms with Crippen LogP contribution in [0.2, 0.25) is 0 Å². The van der Waals surface area contributed by atoms with E-state index in [9.17, 15) is 9.18 Å². The Hall–Kier alpha value is -2.57. The van der Waals surface area contributed by atoms with Crippen LogP contribution >= 0.6 is 0 Å². The normalized spacial score (nSPS) is 11.2. The lowest BCUT2D eigenvalue weighted by atomic mass is 10.2. The van der Waals surface area contributed by atoms with Gasteiger partial charge in [0, 0.05) is 25.1 Å². The molecule has 0 aliphatic carbocycles. The molecule has 2 aromatic rings. The Morgan fingerprint density at radius 3 is 2.74 bits per heavy atom. The summed E-state index contributed by atoms with van der Waals surface area (Å²) in [5, 5.41) is 5.55. The van der Waals surface area contributed by atoms with E-state index in [1.807, 2.05) is 17.8 Å². The second-order valence-corrected chi connectivity index (χ2v) is 6.13. The van der Waals surface area contributed by atoms with Crippen LogP contribution < -0.4 is 10.6 Å². The maximum atomic E-state index is 13.9. The van der Waals surface area contributed by atoms with Gasteiger partial charge >= 0.3 is 6.09 Å². The summed E-state index contributed by atoms with van der Waals surface area (Å²) in [5.41, 5.74) is 0.133. The number of aromatic nitrogens is 2.